The Bertz CT molecular complexity index is 714. The van der Waals surface area contributed by atoms with E-state index in [1.165, 1.54) is 0 Å². The summed E-state index contributed by atoms with van der Waals surface area (Å²) in [4.78, 5) is 15.1. The first-order chi connectivity index (χ1) is 11.7. The summed E-state index contributed by atoms with van der Waals surface area (Å²) in [6.45, 7) is 4.01. The van der Waals surface area contributed by atoms with Gasteiger partial charge >= 0.3 is 0 Å². The van der Waals surface area contributed by atoms with Crippen LogP contribution in [0, 0.1) is 11.8 Å². The van der Waals surface area contributed by atoms with Gasteiger partial charge in [-0.25, -0.2) is 0 Å². The number of halogens is 1. The molecule has 2 saturated heterocycles. The molecule has 5 heteroatoms. The highest BCUT2D eigenvalue weighted by atomic mass is 35.5. The van der Waals surface area contributed by atoms with Crippen molar-refractivity contribution >= 4 is 18.3 Å². The smallest absolute Gasteiger partial charge is 0.270 e. The molecule has 2 aromatic rings. The minimum absolute atomic E-state index is 0. The highest BCUT2D eigenvalue weighted by Gasteiger charge is 2.32. The molecule has 4 nitrogen and oxygen atoms in total. The lowest BCUT2D eigenvalue weighted by Gasteiger charge is -2.21. The van der Waals surface area contributed by atoms with E-state index in [0.717, 1.165) is 67.8 Å². The molecule has 0 spiro atoms. The molecule has 1 amide bonds. The fourth-order valence-corrected chi connectivity index (χ4v) is 4.21. The number of hydrogen-bond acceptors (Lipinski definition) is 2. The standard InChI is InChI=1S/C20H25N3O.ClH/c1-22-18(15-5-3-2-4-6-15)7-8-19(22)20(24)23-11-9-16-13-21-14-17(16)10-12-23;/h2-8,16-17,21H,9-14H2,1H3;1H/t16-,17+;. The van der Waals surface area contributed by atoms with E-state index in [4.69, 9.17) is 0 Å². The number of carbonyl (C=O) groups is 1. The number of carbonyl (C=O) groups excluding carboxylic acids is 1. The first-order valence-corrected chi connectivity index (χ1v) is 8.95. The number of fused-ring (bicyclic) bond motifs is 1. The van der Waals surface area contributed by atoms with Gasteiger partial charge in [-0.3, -0.25) is 4.79 Å². The van der Waals surface area contributed by atoms with Gasteiger partial charge in [0.2, 0.25) is 0 Å². The van der Waals surface area contributed by atoms with E-state index < -0.39 is 0 Å². The minimum Gasteiger partial charge on any atom is -0.340 e. The van der Waals surface area contributed by atoms with E-state index >= 15 is 0 Å². The maximum Gasteiger partial charge on any atom is 0.270 e. The van der Waals surface area contributed by atoms with Crippen molar-refractivity contribution in [3.63, 3.8) is 0 Å². The predicted octanol–water partition coefficient (Wildman–Crippen LogP) is 3.19. The van der Waals surface area contributed by atoms with Gasteiger partial charge in [0.05, 0.1) is 0 Å². The number of likely N-dealkylation sites (tertiary alicyclic amines) is 1. The number of nitrogens with one attached hydrogen (secondary N) is 1. The molecule has 0 unspecified atom stereocenters. The Hall–Kier alpha value is -1.78. The van der Waals surface area contributed by atoms with E-state index in [1.54, 1.807) is 0 Å². The average Bonchev–Trinajstić information content (AvgIpc) is 3.16. The lowest BCUT2D eigenvalue weighted by molar-refractivity contribution is 0.0749. The Morgan fingerprint density at radius 1 is 1.00 bits per heavy atom. The summed E-state index contributed by atoms with van der Waals surface area (Å²) in [5.74, 6) is 1.67. The third kappa shape index (κ3) is 3.46. The van der Waals surface area contributed by atoms with E-state index in [9.17, 15) is 4.79 Å². The van der Waals surface area contributed by atoms with Crippen LogP contribution in [-0.4, -0.2) is 41.6 Å². The van der Waals surface area contributed by atoms with Crippen LogP contribution in [0.2, 0.25) is 0 Å². The SMILES string of the molecule is Cl.Cn1c(C(=O)N2CC[C@@H]3CNC[C@@H]3CC2)ccc1-c1ccccc1. The van der Waals surface area contributed by atoms with Crippen molar-refractivity contribution < 1.29 is 4.79 Å². The maximum absolute atomic E-state index is 13.0. The van der Waals surface area contributed by atoms with Crippen LogP contribution < -0.4 is 5.32 Å². The number of rotatable bonds is 2. The third-order valence-electron chi connectivity index (χ3n) is 5.72. The van der Waals surface area contributed by atoms with Gasteiger partial charge in [-0.1, -0.05) is 30.3 Å². The molecular weight excluding hydrogens is 334 g/mol. The van der Waals surface area contributed by atoms with E-state index in [0.29, 0.717) is 0 Å². The van der Waals surface area contributed by atoms with Crippen molar-refractivity contribution in [2.24, 2.45) is 18.9 Å². The first kappa shape index (κ1) is 18.0. The molecule has 2 aliphatic heterocycles. The molecule has 25 heavy (non-hydrogen) atoms. The average molecular weight is 360 g/mol. The van der Waals surface area contributed by atoms with Crippen LogP contribution in [-0.2, 0) is 7.05 Å². The summed E-state index contributed by atoms with van der Waals surface area (Å²) in [6, 6.07) is 14.3. The van der Waals surface area contributed by atoms with Crippen molar-refractivity contribution in [1.82, 2.24) is 14.8 Å². The summed E-state index contributed by atoms with van der Waals surface area (Å²) in [7, 11) is 1.99. The Balaban J connectivity index is 0.00000182. The van der Waals surface area contributed by atoms with Crippen molar-refractivity contribution in [2.45, 2.75) is 12.8 Å². The van der Waals surface area contributed by atoms with Crippen LogP contribution in [0.5, 0.6) is 0 Å². The zero-order valence-corrected chi connectivity index (χ0v) is 15.5. The number of amides is 1. The highest BCUT2D eigenvalue weighted by molar-refractivity contribution is 5.94. The number of benzene rings is 1. The number of hydrogen-bond donors (Lipinski definition) is 1. The molecule has 2 atom stereocenters. The molecule has 1 aromatic carbocycles. The summed E-state index contributed by atoms with van der Waals surface area (Å²) in [5.41, 5.74) is 3.03. The normalized spacial score (nSPS) is 22.8. The molecule has 0 aliphatic carbocycles. The van der Waals surface area contributed by atoms with Gasteiger partial charge in [0.25, 0.3) is 5.91 Å². The van der Waals surface area contributed by atoms with Crippen molar-refractivity contribution in [3.8, 4) is 11.3 Å². The topological polar surface area (TPSA) is 37.3 Å². The van der Waals surface area contributed by atoms with Gasteiger partial charge in [-0.15, -0.1) is 12.4 Å². The lowest BCUT2D eigenvalue weighted by Crippen LogP contribution is -2.33. The quantitative estimate of drug-likeness (QED) is 0.894. The second-order valence-corrected chi connectivity index (χ2v) is 7.08. The molecule has 1 N–H and O–H groups in total. The van der Waals surface area contributed by atoms with Crippen molar-refractivity contribution in [3.05, 3.63) is 48.2 Å². The van der Waals surface area contributed by atoms with E-state index in [-0.39, 0.29) is 18.3 Å². The highest BCUT2D eigenvalue weighted by Crippen LogP contribution is 2.28. The van der Waals surface area contributed by atoms with Crippen molar-refractivity contribution in [1.29, 1.82) is 0 Å². The lowest BCUT2D eigenvalue weighted by atomic mass is 9.92. The van der Waals surface area contributed by atoms with Crippen LogP contribution in [0.25, 0.3) is 11.3 Å². The zero-order valence-electron chi connectivity index (χ0n) is 14.6. The van der Waals surface area contributed by atoms with Gasteiger partial charge in [0.1, 0.15) is 5.69 Å². The van der Waals surface area contributed by atoms with Crippen LogP contribution in [0.1, 0.15) is 23.3 Å². The van der Waals surface area contributed by atoms with Gasteiger partial charge in [0.15, 0.2) is 0 Å². The van der Waals surface area contributed by atoms with Crippen LogP contribution >= 0.6 is 12.4 Å². The monoisotopic (exact) mass is 359 g/mol. The predicted molar refractivity (Wildman–Crippen MR) is 103 cm³/mol. The largest absolute Gasteiger partial charge is 0.340 e. The van der Waals surface area contributed by atoms with Gasteiger partial charge < -0.3 is 14.8 Å². The van der Waals surface area contributed by atoms with Crippen LogP contribution in [0.15, 0.2) is 42.5 Å². The number of aromatic nitrogens is 1. The molecule has 2 aliphatic rings. The molecule has 3 heterocycles. The fraction of sp³-hybridized carbons (Fsp3) is 0.450. The molecule has 4 rings (SSSR count). The minimum atomic E-state index is 0. The first-order valence-electron chi connectivity index (χ1n) is 8.95. The molecule has 1 aromatic heterocycles. The third-order valence-corrected chi connectivity index (χ3v) is 5.72. The number of nitrogens with zero attached hydrogens (tertiary/aromatic N) is 2. The van der Waals surface area contributed by atoms with Gasteiger partial charge in [-0.05, 0) is 55.5 Å². The molecule has 0 bridgehead atoms. The van der Waals surface area contributed by atoms with Gasteiger partial charge in [0, 0.05) is 25.8 Å². The van der Waals surface area contributed by atoms with Crippen LogP contribution in [0.3, 0.4) is 0 Å². The molecule has 134 valence electrons. The zero-order chi connectivity index (χ0) is 16.5. The summed E-state index contributed by atoms with van der Waals surface area (Å²) in [5, 5.41) is 3.49. The Labute approximate surface area is 155 Å². The fourth-order valence-electron chi connectivity index (χ4n) is 4.21. The Kier molecular flexibility index (Phi) is 5.50. The summed E-state index contributed by atoms with van der Waals surface area (Å²) < 4.78 is 2.03. The van der Waals surface area contributed by atoms with E-state index in [1.807, 2.05) is 35.9 Å². The molecule has 0 radical (unpaired) electrons. The summed E-state index contributed by atoms with van der Waals surface area (Å²) >= 11 is 0. The molecular formula is C20H26ClN3O. The van der Waals surface area contributed by atoms with Crippen LogP contribution in [0.4, 0.5) is 0 Å². The van der Waals surface area contributed by atoms with Crippen molar-refractivity contribution in [2.75, 3.05) is 26.2 Å². The Morgan fingerprint density at radius 2 is 1.64 bits per heavy atom. The summed E-state index contributed by atoms with van der Waals surface area (Å²) in [6.07, 6.45) is 2.25. The maximum atomic E-state index is 13.0. The Morgan fingerprint density at radius 3 is 2.28 bits per heavy atom. The second-order valence-electron chi connectivity index (χ2n) is 7.08. The van der Waals surface area contributed by atoms with E-state index in [2.05, 4.69) is 28.4 Å². The van der Waals surface area contributed by atoms with Gasteiger partial charge in [-0.2, -0.15) is 0 Å². The molecule has 2 fully saturated rings. The second kappa shape index (κ2) is 7.63. The molecule has 0 saturated carbocycles.